The van der Waals surface area contributed by atoms with Gasteiger partial charge in [0.05, 0.1) is 18.4 Å². The Morgan fingerprint density at radius 3 is 2.47 bits per heavy atom. The zero-order valence-corrected chi connectivity index (χ0v) is 19.0. The van der Waals surface area contributed by atoms with E-state index in [1.54, 1.807) is 30.5 Å². The molecule has 34 heavy (non-hydrogen) atoms. The molecule has 0 saturated heterocycles. The van der Waals surface area contributed by atoms with Crippen molar-refractivity contribution in [2.45, 2.75) is 11.3 Å². The Balaban J connectivity index is 1.39. The van der Waals surface area contributed by atoms with Gasteiger partial charge >= 0.3 is 0 Å². The molecular formula is C24H22N4O5S. The van der Waals surface area contributed by atoms with E-state index in [-0.39, 0.29) is 16.9 Å². The molecule has 10 heteroatoms. The smallest absolute Gasteiger partial charge is 0.269 e. The highest BCUT2D eigenvalue weighted by molar-refractivity contribution is 7.92. The first-order valence-electron chi connectivity index (χ1n) is 10.3. The molecule has 2 amide bonds. The molecule has 0 atom stereocenters. The lowest BCUT2D eigenvalue weighted by atomic mass is 10.1. The number of anilines is 1. The molecular weight excluding hydrogens is 456 g/mol. The zero-order valence-electron chi connectivity index (χ0n) is 18.2. The Bertz CT molecular complexity index is 1450. The van der Waals surface area contributed by atoms with E-state index in [1.807, 2.05) is 24.3 Å². The standard InChI is InChI=1S/C24H22N4O5S/c1-33-19-11-9-18(10-12-19)28-34(31,32)20-6-4-5-16(13-20)24(30)27-26-23(29)14-17-15-25-22-8-3-2-7-21(17)22/h2-13,15,25,28H,14H2,1H3,(H,26,29)(H,27,30). The summed E-state index contributed by atoms with van der Waals surface area (Å²) < 4.78 is 33.0. The lowest BCUT2D eigenvalue weighted by Crippen LogP contribution is -2.42. The molecule has 9 nitrogen and oxygen atoms in total. The summed E-state index contributed by atoms with van der Waals surface area (Å²) in [5.41, 5.74) is 6.81. The van der Waals surface area contributed by atoms with Crippen LogP contribution < -0.4 is 20.3 Å². The molecule has 0 radical (unpaired) electrons. The van der Waals surface area contributed by atoms with Crippen molar-refractivity contribution >= 4 is 38.4 Å². The van der Waals surface area contributed by atoms with Crippen LogP contribution in [-0.2, 0) is 21.2 Å². The third-order valence-corrected chi connectivity index (χ3v) is 6.47. The maximum Gasteiger partial charge on any atom is 0.269 e. The van der Waals surface area contributed by atoms with Gasteiger partial charge in [0.15, 0.2) is 0 Å². The molecule has 0 spiro atoms. The number of H-pyrrole nitrogens is 1. The number of carbonyl (C=O) groups is 2. The lowest BCUT2D eigenvalue weighted by Gasteiger charge is -2.11. The van der Waals surface area contributed by atoms with Gasteiger partial charge in [-0.15, -0.1) is 0 Å². The Hall–Kier alpha value is -4.31. The fourth-order valence-corrected chi connectivity index (χ4v) is 4.48. The van der Waals surface area contributed by atoms with Crippen LogP contribution in [0.25, 0.3) is 10.9 Å². The Morgan fingerprint density at radius 2 is 1.71 bits per heavy atom. The third kappa shape index (κ3) is 5.18. The van der Waals surface area contributed by atoms with Gasteiger partial charge in [0.1, 0.15) is 5.75 Å². The van der Waals surface area contributed by atoms with Crippen LogP contribution >= 0.6 is 0 Å². The molecule has 174 valence electrons. The molecule has 4 N–H and O–H groups in total. The number of hydrogen-bond donors (Lipinski definition) is 4. The number of benzene rings is 3. The summed E-state index contributed by atoms with van der Waals surface area (Å²) in [7, 11) is -2.42. The lowest BCUT2D eigenvalue weighted by molar-refractivity contribution is -0.121. The number of hydrazine groups is 1. The Kier molecular flexibility index (Phi) is 6.51. The summed E-state index contributed by atoms with van der Waals surface area (Å²) in [4.78, 5) is 27.8. The Morgan fingerprint density at radius 1 is 0.941 bits per heavy atom. The monoisotopic (exact) mass is 478 g/mol. The van der Waals surface area contributed by atoms with E-state index in [0.717, 1.165) is 16.5 Å². The molecule has 0 bridgehead atoms. The second-order valence-corrected chi connectivity index (χ2v) is 9.08. The quantitative estimate of drug-likeness (QED) is 0.304. The molecule has 0 fully saturated rings. The summed E-state index contributed by atoms with van der Waals surface area (Å²) in [6.07, 6.45) is 1.81. The molecule has 0 unspecified atom stereocenters. The van der Waals surface area contributed by atoms with Crippen LogP contribution in [0.5, 0.6) is 5.75 Å². The van der Waals surface area contributed by atoms with Gasteiger partial charge in [-0.3, -0.25) is 25.2 Å². The molecule has 0 saturated carbocycles. The number of carbonyl (C=O) groups excluding carboxylic acids is 2. The minimum Gasteiger partial charge on any atom is -0.497 e. The van der Waals surface area contributed by atoms with Crippen molar-refractivity contribution in [2.75, 3.05) is 11.8 Å². The molecule has 0 aliphatic heterocycles. The maximum absolute atomic E-state index is 12.7. The predicted octanol–water partition coefficient (Wildman–Crippen LogP) is 2.98. The predicted molar refractivity (Wildman–Crippen MR) is 128 cm³/mol. The fraction of sp³-hybridized carbons (Fsp3) is 0.0833. The van der Waals surface area contributed by atoms with E-state index in [0.29, 0.717) is 11.4 Å². The van der Waals surface area contributed by atoms with Crippen LogP contribution in [0.4, 0.5) is 5.69 Å². The van der Waals surface area contributed by atoms with Gasteiger partial charge in [-0.25, -0.2) is 8.42 Å². The number of hydrogen-bond acceptors (Lipinski definition) is 5. The number of aromatic amines is 1. The number of nitrogens with one attached hydrogen (secondary N) is 4. The number of fused-ring (bicyclic) bond motifs is 1. The van der Waals surface area contributed by atoms with Crippen molar-refractivity contribution < 1.29 is 22.7 Å². The maximum atomic E-state index is 12.7. The van der Waals surface area contributed by atoms with Crippen molar-refractivity contribution in [1.29, 1.82) is 0 Å². The van der Waals surface area contributed by atoms with E-state index in [1.165, 1.54) is 31.4 Å². The molecule has 4 rings (SSSR count). The van der Waals surface area contributed by atoms with Crippen LogP contribution in [0, 0.1) is 0 Å². The third-order valence-electron chi connectivity index (χ3n) is 5.09. The number of amides is 2. The topological polar surface area (TPSA) is 129 Å². The van der Waals surface area contributed by atoms with Crippen LogP contribution in [0.2, 0.25) is 0 Å². The number of para-hydroxylation sites is 1. The van der Waals surface area contributed by atoms with Crippen molar-refractivity contribution in [3.05, 3.63) is 90.1 Å². The van der Waals surface area contributed by atoms with E-state index in [4.69, 9.17) is 4.74 Å². The van der Waals surface area contributed by atoms with Gasteiger partial charge in [-0.05, 0) is 54.1 Å². The number of methoxy groups -OCH3 is 1. The average molecular weight is 479 g/mol. The summed E-state index contributed by atoms with van der Waals surface area (Å²) in [6.45, 7) is 0. The van der Waals surface area contributed by atoms with E-state index < -0.39 is 21.8 Å². The minimum absolute atomic E-state index is 0.0600. The number of sulfonamides is 1. The van der Waals surface area contributed by atoms with E-state index >= 15 is 0 Å². The van der Waals surface area contributed by atoms with Gasteiger partial charge < -0.3 is 9.72 Å². The first kappa shape index (κ1) is 22.9. The summed E-state index contributed by atoms with van der Waals surface area (Å²) in [6, 6.07) is 19.5. The summed E-state index contributed by atoms with van der Waals surface area (Å²) >= 11 is 0. The molecule has 0 aliphatic carbocycles. The second-order valence-electron chi connectivity index (χ2n) is 7.40. The first-order valence-corrected chi connectivity index (χ1v) is 11.7. The minimum atomic E-state index is -3.94. The van der Waals surface area contributed by atoms with Gasteiger partial charge in [0.25, 0.3) is 15.9 Å². The first-order chi connectivity index (χ1) is 16.4. The normalized spacial score (nSPS) is 11.1. The van der Waals surface area contributed by atoms with Gasteiger partial charge in [-0.1, -0.05) is 24.3 Å². The fourth-order valence-electron chi connectivity index (χ4n) is 3.37. The highest BCUT2D eigenvalue weighted by Crippen LogP contribution is 2.20. The SMILES string of the molecule is COc1ccc(NS(=O)(=O)c2cccc(C(=O)NNC(=O)Cc3c[nH]c4ccccc34)c2)cc1. The Labute approximate surface area is 196 Å². The molecule has 1 heterocycles. The van der Waals surface area contributed by atoms with Gasteiger partial charge in [0.2, 0.25) is 5.91 Å². The second kappa shape index (κ2) is 9.67. The summed E-state index contributed by atoms with van der Waals surface area (Å²) in [5.74, 6) is -0.467. The highest BCUT2D eigenvalue weighted by atomic mass is 32.2. The van der Waals surface area contributed by atoms with Crippen molar-refractivity contribution in [2.24, 2.45) is 0 Å². The number of ether oxygens (including phenoxy) is 1. The van der Waals surface area contributed by atoms with Gasteiger partial charge in [-0.2, -0.15) is 0 Å². The summed E-state index contributed by atoms with van der Waals surface area (Å²) in [5, 5.41) is 0.922. The largest absolute Gasteiger partial charge is 0.497 e. The number of rotatable bonds is 7. The van der Waals surface area contributed by atoms with E-state index in [9.17, 15) is 18.0 Å². The zero-order chi connectivity index (χ0) is 24.1. The van der Waals surface area contributed by atoms with Crippen molar-refractivity contribution in [3.8, 4) is 5.75 Å². The van der Waals surface area contributed by atoms with Crippen LogP contribution in [0.3, 0.4) is 0 Å². The number of aromatic nitrogens is 1. The van der Waals surface area contributed by atoms with Crippen LogP contribution in [0.1, 0.15) is 15.9 Å². The molecule has 0 aliphatic rings. The molecule has 1 aromatic heterocycles. The average Bonchev–Trinajstić information content (AvgIpc) is 3.25. The van der Waals surface area contributed by atoms with Crippen molar-refractivity contribution in [3.63, 3.8) is 0 Å². The van der Waals surface area contributed by atoms with Crippen molar-refractivity contribution in [1.82, 2.24) is 15.8 Å². The van der Waals surface area contributed by atoms with E-state index in [2.05, 4.69) is 20.6 Å². The van der Waals surface area contributed by atoms with Gasteiger partial charge in [0, 0.05) is 28.4 Å². The van der Waals surface area contributed by atoms with Crippen LogP contribution in [0.15, 0.2) is 83.9 Å². The molecule has 4 aromatic rings. The van der Waals surface area contributed by atoms with Crippen LogP contribution in [-0.4, -0.2) is 32.3 Å². The molecule has 3 aromatic carbocycles. The highest BCUT2D eigenvalue weighted by Gasteiger charge is 2.17.